The van der Waals surface area contributed by atoms with Gasteiger partial charge in [-0.1, -0.05) is 0 Å². The molecule has 2 N–H and O–H groups in total. The number of aromatic nitrogens is 3. The van der Waals surface area contributed by atoms with Gasteiger partial charge in [-0.15, -0.1) is 24.0 Å². The second-order valence-electron chi connectivity index (χ2n) is 6.16. The van der Waals surface area contributed by atoms with Crippen LogP contribution in [0.4, 0.5) is 10.2 Å². The van der Waals surface area contributed by atoms with Crippen LogP contribution in [0.25, 0.3) is 0 Å². The maximum atomic E-state index is 13.9. The van der Waals surface area contributed by atoms with E-state index in [1.54, 1.807) is 19.3 Å². The minimum absolute atomic E-state index is 0. The summed E-state index contributed by atoms with van der Waals surface area (Å²) in [6.07, 6.45) is 6.39. The Morgan fingerprint density at radius 3 is 3.00 bits per heavy atom. The first kappa shape index (κ1) is 20.4. The zero-order valence-electron chi connectivity index (χ0n) is 15.0. The summed E-state index contributed by atoms with van der Waals surface area (Å²) in [5.74, 6) is 0.890. The molecule has 3 heterocycles. The van der Waals surface area contributed by atoms with E-state index >= 15 is 0 Å². The molecule has 1 aliphatic heterocycles. The van der Waals surface area contributed by atoms with Gasteiger partial charge in [0.1, 0.15) is 0 Å². The van der Waals surface area contributed by atoms with E-state index in [9.17, 15) is 4.39 Å². The number of nitrogens with zero attached hydrogens (tertiary/aromatic N) is 5. The van der Waals surface area contributed by atoms with E-state index in [1.165, 1.54) is 6.07 Å². The molecule has 0 aromatic carbocycles. The molecule has 0 bridgehead atoms. The van der Waals surface area contributed by atoms with Crippen molar-refractivity contribution < 1.29 is 4.39 Å². The molecule has 7 nitrogen and oxygen atoms in total. The molecule has 2 aromatic heterocycles. The molecular formula is C17H25FIN7. The summed E-state index contributed by atoms with van der Waals surface area (Å²) in [6.45, 7) is 4.99. The standard InChI is InChI=1S/C17H24FN7.HI/c1-13-10-22-25(11-13)9-7-21-17(19-2)23-14-5-8-24(12-14)16-15(18)4-3-6-20-16;/h3-4,6,10-11,14H,5,7-9,12H2,1-2H3,(H2,19,21,23);1H. The highest BCUT2D eigenvalue weighted by atomic mass is 127. The second-order valence-corrected chi connectivity index (χ2v) is 6.16. The van der Waals surface area contributed by atoms with Gasteiger partial charge in [0, 0.05) is 45.1 Å². The molecule has 0 radical (unpaired) electrons. The van der Waals surface area contributed by atoms with Crippen molar-refractivity contribution in [2.75, 3.05) is 31.6 Å². The lowest BCUT2D eigenvalue weighted by molar-refractivity contribution is 0.586. The van der Waals surface area contributed by atoms with Crippen LogP contribution >= 0.6 is 24.0 Å². The van der Waals surface area contributed by atoms with E-state index < -0.39 is 0 Å². The summed E-state index contributed by atoms with van der Waals surface area (Å²) in [6, 6.07) is 3.26. The van der Waals surface area contributed by atoms with Gasteiger partial charge in [0.15, 0.2) is 17.6 Å². The Balaban J connectivity index is 0.00000243. The molecule has 0 saturated carbocycles. The van der Waals surface area contributed by atoms with Crippen LogP contribution in [-0.2, 0) is 6.54 Å². The number of nitrogens with one attached hydrogen (secondary N) is 2. The SMILES string of the molecule is CN=C(NCCn1cc(C)cn1)NC1CCN(c2ncccc2F)C1.I. The van der Waals surface area contributed by atoms with Crippen LogP contribution < -0.4 is 15.5 Å². The molecule has 1 fully saturated rings. The zero-order valence-corrected chi connectivity index (χ0v) is 17.4. The maximum absolute atomic E-state index is 13.9. The predicted octanol–water partition coefficient (Wildman–Crippen LogP) is 1.79. The van der Waals surface area contributed by atoms with Gasteiger partial charge in [-0.2, -0.15) is 5.10 Å². The molecule has 1 saturated heterocycles. The van der Waals surface area contributed by atoms with Crippen LogP contribution in [-0.4, -0.2) is 53.4 Å². The number of pyridine rings is 1. The largest absolute Gasteiger partial charge is 0.355 e. The summed E-state index contributed by atoms with van der Waals surface area (Å²) in [4.78, 5) is 10.4. The topological polar surface area (TPSA) is 70.4 Å². The minimum atomic E-state index is -0.278. The van der Waals surface area contributed by atoms with Gasteiger partial charge in [-0.3, -0.25) is 9.67 Å². The number of hydrogen-bond donors (Lipinski definition) is 2. The highest BCUT2D eigenvalue weighted by Crippen LogP contribution is 2.20. The number of aryl methyl sites for hydroxylation is 1. The maximum Gasteiger partial charge on any atom is 0.191 e. The van der Waals surface area contributed by atoms with Gasteiger partial charge < -0.3 is 15.5 Å². The third-order valence-corrected chi connectivity index (χ3v) is 4.19. The van der Waals surface area contributed by atoms with Crippen LogP contribution in [0.1, 0.15) is 12.0 Å². The van der Waals surface area contributed by atoms with E-state index in [0.29, 0.717) is 12.4 Å². The van der Waals surface area contributed by atoms with Crippen molar-refractivity contribution in [1.29, 1.82) is 0 Å². The molecule has 0 aliphatic carbocycles. The van der Waals surface area contributed by atoms with Crippen molar-refractivity contribution in [3.8, 4) is 0 Å². The van der Waals surface area contributed by atoms with Crippen molar-refractivity contribution in [3.05, 3.63) is 42.1 Å². The van der Waals surface area contributed by atoms with Gasteiger partial charge in [-0.25, -0.2) is 9.37 Å². The first-order valence-corrected chi connectivity index (χ1v) is 8.47. The molecule has 0 amide bonds. The monoisotopic (exact) mass is 473 g/mol. The van der Waals surface area contributed by atoms with Crippen molar-refractivity contribution in [2.45, 2.75) is 25.9 Å². The summed E-state index contributed by atoms with van der Waals surface area (Å²) >= 11 is 0. The quantitative estimate of drug-likeness (QED) is 0.394. The van der Waals surface area contributed by atoms with Gasteiger partial charge in [0.2, 0.25) is 0 Å². The van der Waals surface area contributed by atoms with Gasteiger partial charge in [-0.05, 0) is 31.0 Å². The summed E-state index contributed by atoms with van der Waals surface area (Å²) < 4.78 is 15.8. The molecule has 1 atom stereocenters. The molecular weight excluding hydrogens is 448 g/mol. The number of rotatable bonds is 5. The van der Waals surface area contributed by atoms with Gasteiger partial charge in [0.05, 0.1) is 12.7 Å². The Morgan fingerprint density at radius 1 is 1.46 bits per heavy atom. The van der Waals surface area contributed by atoms with Crippen molar-refractivity contribution in [3.63, 3.8) is 0 Å². The average molecular weight is 473 g/mol. The Hall–Kier alpha value is -1.91. The number of hydrogen-bond acceptors (Lipinski definition) is 4. The smallest absolute Gasteiger partial charge is 0.191 e. The molecule has 26 heavy (non-hydrogen) atoms. The minimum Gasteiger partial charge on any atom is -0.355 e. The second kappa shape index (κ2) is 9.70. The van der Waals surface area contributed by atoms with Gasteiger partial charge in [0.25, 0.3) is 0 Å². The Bertz CT molecular complexity index is 733. The van der Waals surface area contributed by atoms with Crippen LogP contribution in [0.3, 0.4) is 0 Å². The summed E-state index contributed by atoms with van der Waals surface area (Å²) in [7, 11) is 1.75. The van der Waals surface area contributed by atoms with Crippen molar-refractivity contribution in [2.24, 2.45) is 4.99 Å². The number of anilines is 1. The molecule has 1 aliphatic rings. The first-order valence-electron chi connectivity index (χ1n) is 8.47. The predicted molar refractivity (Wildman–Crippen MR) is 112 cm³/mol. The van der Waals surface area contributed by atoms with Crippen LogP contribution in [0, 0.1) is 12.7 Å². The van der Waals surface area contributed by atoms with E-state index in [2.05, 4.69) is 25.7 Å². The molecule has 142 valence electrons. The molecule has 1 unspecified atom stereocenters. The lowest BCUT2D eigenvalue weighted by Gasteiger charge is -2.20. The fourth-order valence-corrected chi connectivity index (χ4v) is 2.95. The highest BCUT2D eigenvalue weighted by Gasteiger charge is 2.25. The van der Waals surface area contributed by atoms with Crippen LogP contribution in [0.15, 0.2) is 35.7 Å². The number of halogens is 2. The van der Waals surface area contributed by atoms with E-state index in [4.69, 9.17) is 0 Å². The lowest BCUT2D eigenvalue weighted by atomic mass is 10.3. The first-order chi connectivity index (χ1) is 12.2. The number of guanidine groups is 1. The summed E-state index contributed by atoms with van der Waals surface area (Å²) in [5, 5.41) is 10.9. The number of aliphatic imine (C=N–C) groups is 1. The normalized spacial score (nSPS) is 17.1. The molecule has 9 heteroatoms. The Morgan fingerprint density at radius 2 is 2.31 bits per heavy atom. The van der Waals surface area contributed by atoms with Crippen molar-refractivity contribution in [1.82, 2.24) is 25.4 Å². The lowest BCUT2D eigenvalue weighted by Crippen LogP contribution is -2.45. The third kappa shape index (κ3) is 5.29. The van der Waals surface area contributed by atoms with Crippen LogP contribution in [0.5, 0.6) is 0 Å². The third-order valence-electron chi connectivity index (χ3n) is 4.19. The summed E-state index contributed by atoms with van der Waals surface area (Å²) in [5.41, 5.74) is 1.15. The highest BCUT2D eigenvalue weighted by molar-refractivity contribution is 14.0. The molecule has 0 spiro atoms. The molecule has 3 rings (SSSR count). The van der Waals surface area contributed by atoms with Crippen LogP contribution in [0.2, 0.25) is 0 Å². The molecule has 2 aromatic rings. The Labute approximate surface area is 170 Å². The zero-order chi connectivity index (χ0) is 17.6. The Kier molecular flexibility index (Phi) is 7.61. The van der Waals surface area contributed by atoms with E-state index in [1.807, 2.05) is 28.9 Å². The van der Waals surface area contributed by atoms with Gasteiger partial charge >= 0.3 is 0 Å². The van der Waals surface area contributed by atoms with Crippen molar-refractivity contribution >= 4 is 35.8 Å². The average Bonchev–Trinajstić information content (AvgIpc) is 3.23. The van der Waals surface area contributed by atoms with E-state index in [0.717, 1.165) is 37.6 Å². The van der Waals surface area contributed by atoms with E-state index in [-0.39, 0.29) is 35.8 Å². The fraction of sp³-hybridized carbons (Fsp3) is 0.471. The fourth-order valence-electron chi connectivity index (χ4n) is 2.95.